The molecule has 0 spiro atoms. The van der Waals surface area contributed by atoms with Crippen molar-refractivity contribution in [3.63, 3.8) is 0 Å². The first kappa shape index (κ1) is 12.2. The zero-order valence-corrected chi connectivity index (χ0v) is 8.96. The van der Waals surface area contributed by atoms with E-state index in [2.05, 4.69) is 5.32 Å². The minimum atomic E-state index is -0.200. The smallest absolute Gasteiger partial charge is 0.233 e. The molecule has 3 N–H and O–H groups in total. The summed E-state index contributed by atoms with van der Waals surface area (Å²) in [5.41, 5.74) is 5.13. The van der Waals surface area contributed by atoms with Crippen molar-refractivity contribution in [2.45, 2.75) is 18.8 Å². The van der Waals surface area contributed by atoms with Crippen LogP contribution in [-0.4, -0.2) is 48.7 Å². The van der Waals surface area contributed by atoms with Crippen LogP contribution in [0.15, 0.2) is 0 Å². The van der Waals surface area contributed by atoms with E-state index in [0.29, 0.717) is 19.5 Å². The first-order valence-corrected chi connectivity index (χ1v) is 4.62. The molecule has 0 radical (unpaired) electrons. The molecule has 2 heterocycles. The predicted molar refractivity (Wildman–Crippen MR) is 54.3 cm³/mol. The van der Waals surface area contributed by atoms with Gasteiger partial charge in [-0.25, -0.2) is 0 Å². The maximum Gasteiger partial charge on any atom is 0.233 e. The van der Waals surface area contributed by atoms with Crippen LogP contribution in [0.4, 0.5) is 0 Å². The van der Waals surface area contributed by atoms with Crippen molar-refractivity contribution in [1.29, 1.82) is 0 Å². The highest BCUT2D eigenvalue weighted by Gasteiger charge is 2.44. The van der Waals surface area contributed by atoms with Crippen LogP contribution >= 0.6 is 12.4 Å². The number of nitrogens with one attached hydrogen (secondary N) is 1. The molecule has 2 amide bonds. The Kier molecular flexibility index (Phi) is 3.90. The third kappa shape index (κ3) is 2.39. The lowest BCUT2D eigenvalue weighted by Gasteiger charge is -2.31. The number of carbonyl (C=O) groups is 2. The van der Waals surface area contributed by atoms with E-state index in [0.717, 1.165) is 0 Å². The Morgan fingerprint density at radius 1 is 1.67 bits per heavy atom. The topological polar surface area (TPSA) is 84.7 Å². The van der Waals surface area contributed by atoms with Crippen LogP contribution in [-0.2, 0) is 14.3 Å². The summed E-state index contributed by atoms with van der Waals surface area (Å²) in [5, 5.41) is 2.63. The van der Waals surface area contributed by atoms with Gasteiger partial charge in [-0.1, -0.05) is 0 Å². The van der Waals surface area contributed by atoms with Gasteiger partial charge in [0.15, 0.2) is 0 Å². The lowest BCUT2D eigenvalue weighted by molar-refractivity contribution is -0.156. The zero-order chi connectivity index (χ0) is 10.1. The van der Waals surface area contributed by atoms with Crippen LogP contribution < -0.4 is 11.1 Å². The second-order valence-electron chi connectivity index (χ2n) is 3.47. The number of hydrogen-bond donors (Lipinski definition) is 2. The Morgan fingerprint density at radius 2 is 2.40 bits per heavy atom. The van der Waals surface area contributed by atoms with E-state index in [1.807, 2.05) is 0 Å². The number of nitrogens with two attached hydrogens (primary N) is 1. The largest absolute Gasteiger partial charge is 0.352 e. The van der Waals surface area contributed by atoms with Crippen molar-refractivity contribution >= 4 is 24.2 Å². The quantitative estimate of drug-likeness (QED) is 0.580. The van der Waals surface area contributed by atoms with Crippen LogP contribution in [0.2, 0.25) is 0 Å². The van der Waals surface area contributed by atoms with Crippen LogP contribution in [0.1, 0.15) is 6.42 Å². The van der Waals surface area contributed by atoms with Crippen molar-refractivity contribution in [3.05, 3.63) is 0 Å². The van der Waals surface area contributed by atoms with Crippen LogP contribution in [0.3, 0.4) is 0 Å². The molecule has 0 aromatic carbocycles. The lowest BCUT2D eigenvalue weighted by Crippen LogP contribution is -2.48. The maximum absolute atomic E-state index is 11.0. The predicted octanol–water partition coefficient (Wildman–Crippen LogP) is -1.56. The van der Waals surface area contributed by atoms with E-state index < -0.39 is 0 Å². The van der Waals surface area contributed by atoms with E-state index in [4.69, 9.17) is 10.5 Å². The number of nitrogens with zero attached hydrogens (tertiary/aromatic N) is 1. The molecule has 2 unspecified atom stereocenters. The highest BCUT2D eigenvalue weighted by atomic mass is 35.5. The molecule has 0 aromatic heterocycles. The first-order valence-electron chi connectivity index (χ1n) is 4.62. The number of ether oxygens (including phenoxy) is 1. The number of β-lactam (4-membered cyclic amide) rings is 1. The van der Waals surface area contributed by atoms with Crippen LogP contribution in [0.5, 0.6) is 0 Å². The van der Waals surface area contributed by atoms with Crippen molar-refractivity contribution in [2.24, 2.45) is 5.73 Å². The highest BCUT2D eigenvalue weighted by molar-refractivity contribution is 5.85. The molecule has 2 atom stereocenters. The molecule has 0 saturated carbocycles. The molecular weight excluding hydrogens is 222 g/mol. The van der Waals surface area contributed by atoms with Crippen molar-refractivity contribution in [3.8, 4) is 0 Å². The molecule has 2 aliphatic heterocycles. The van der Waals surface area contributed by atoms with Gasteiger partial charge in [-0.05, 0) is 0 Å². The summed E-state index contributed by atoms with van der Waals surface area (Å²) >= 11 is 0. The fourth-order valence-corrected chi connectivity index (χ4v) is 1.66. The lowest BCUT2D eigenvalue weighted by atomic mass is 10.2. The minimum absolute atomic E-state index is 0. The van der Waals surface area contributed by atoms with E-state index in [9.17, 15) is 9.59 Å². The summed E-state index contributed by atoms with van der Waals surface area (Å²) < 4.78 is 5.48. The minimum Gasteiger partial charge on any atom is -0.352 e. The summed E-state index contributed by atoms with van der Waals surface area (Å²) in [6.45, 7) is 0.990. The molecular formula is C8H14ClN3O3. The van der Waals surface area contributed by atoms with Gasteiger partial charge in [0.05, 0.1) is 25.6 Å². The Labute approximate surface area is 93.5 Å². The molecule has 86 valence electrons. The van der Waals surface area contributed by atoms with E-state index in [-0.39, 0.29) is 43.1 Å². The van der Waals surface area contributed by atoms with E-state index >= 15 is 0 Å². The van der Waals surface area contributed by atoms with Crippen LogP contribution in [0.25, 0.3) is 0 Å². The molecule has 2 rings (SSSR count). The third-order valence-corrected chi connectivity index (χ3v) is 2.48. The highest BCUT2D eigenvalue weighted by Crippen LogP contribution is 2.28. The molecule has 7 heteroatoms. The molecule has 15 heavy (non-hydrogen) atoms. The van der Waals surface area contributed by atoms with Gasteiger partial charge in [0, 0.05) is 6.54 Å². The molecule has 2 fully saturated rings. The van der Waals surface area contributed by atoms with Crippen LogP contribution in [0, 0.1) is 0 Å². The number of amides is 2. The Morgan fingerprint density at radius 3 is 2.93 bits per heavy atom. The zero-order valence-electron chi connectivity index (χ0n) is 8.14. The number of fused-ring (bicyclic) bond motifs is 1. The molecule has 0 bridgehead atoms. The average Bonchev–Trinajstić information content (AvgIpc) is 2.51. The summed E-state index contributed by atoms with van der Waals surface area (Å²) in [7, 11) is 0. The van der Waals surface area contributed by atoms with E-state index in [1.165, 1.54) is 0 Å². The molecule has 2 aliphatic rings. The number of rotatable bonds is 3. The third-order valence-electron chi connectivity index (χ3n) is 2.48. The Balaban J connectivity index is 0.00000112. The SMILES string of the molecule is Cl.NCC(=O)NCC1CN2C(=O)CC2O1. The number of halogens is 1. The van der Waals surface area contributed by atoms with Gasteiger partial charge in [-0.2, -0.15) is 0 Å². The van der Waals surface area contributed by atoms with Crippen molar-refractivity contribution in [2.75, 3.05) is 19.6 Å². The standard InChI is InChI=1S/C8H13N3O3.ClH/c9-2-6(12)10-3-5-4-11-7(13)1-8(11)14-5;/h5,8H,1-4,9H2,(H,10,12);1H. The second-order valence-corrected chi connectivity index (χ2v) is 3.47. The summed E-state index contributed by atoms with van der Waals surface area (Å²) in [5.74, 6) is -0.0724. The monoisotopic (exact) mass is 235 g/mol. The van der Waals surface area contributed by atoms with Gasteiger partial charge in [-0.3, -0.25) is 9.59 Å². The summed E-state index contributed by atoms with van der Waals surface area (Å²) in [6.07, 6.45) is 0.339. The van der Waals surface area contributed by atoms with Gasteiger partial charge >= 0.3 is 0 Å². The van der Waals surface area contributed by atoms with Gasteiger partial charge in [-0.15, -0.1) is 12.4 Å². The fourth-order valence-electron chi connectivity index (χ4n) is 1.66. The fraction of sp³-hybridized carbons (Fsp3) is 0.750. The average molecular weight is 236 g/mol. The van der Waals surface area contributed by atoms with Gasteiger partial charge < -0.3 is 20.7 Å². The van der Waals surface area contributed by atoms with Gasteiger partial charge in [0.1, 0.15) is 6.23 Å². The maximum atomic E-state index is 11.0. The van der Waals surface area contributed by atoms with Crippen molar-refractivity contribution in [1.82, 2.24) is 10.2 Å². The summed E-state index contributed by atoms with van der Waals surface area (Å²) in [6, 6.07) is 0. The van der Waals surface area contributed by atoms with Gasteiger partial charge in [0.25, 0.3) is 0 Å². The molecule has 0 aromatic rings. The number of carbonyl (C=O) groups excluding carboxylic acids is 2. The van der Waals surface area contributed by atoms with Crippen molar-refractivity contribution < 1.29 is 14.3 Å². The Bertz CT molecular complexity index is 274. The molecule has 2 saturated heterocycles. The Hall–Kier alpha value is -0.850. The summed E-state index contributed by atoms with van der Waals surface area (Å²) in [4.78, 5) is 23.5. The first-order chi connectivity index (χ1) is 6.70. The van der Waals surface area contributed by atoms with E-state index in [1.54, 1.807) is 4.90 Å². The normalized spacial score (nSPS) is 27.8. The molecule has 6 nitrogen and oxygen atoms in total. The van der Waals surface area contributed by atoms with Gasteiger partial charge in [0.2, 0.25) is 11.8 Å². The molecule has 0 aliphatic carbocycles. The number of hydrogen-bond acceptors (Lipinski definition) is 4. The second kappa shape index (κ2) is 4.78.